The molecule has 39 heavy (non-hydrogen) atoms. The standard InChI is InChI=1S/C31H27N3O4S/c1-2-38-31(37)28-29(36)26(39-30(28)33-23-13-7-4-8-14-23)17-22-19-34(25-16-10-9-15-24(22)25)20-27(35)32-18-21-11-5-3-6-12-21/h3-17,19,36H,2,18,20H2,1H3,(H,32,35)/b26-17+,33-30?. The second-order valence-corrected chi connectivity index (χ2v) is 9.83. The lowest BCUT2D eigenvalue weighted by atomic mass is 10.1. The third-order valence-corrected chi connectivity index (χ3v) is 7.13. The minimum atomic E-state index is -0.627. The summed E-state index contributed by atoms with van der Waals surface area (Å²) in [5.74, 6) is -0.915. The zero-order chi connectivity index (χ0) is 27.2. The van der Waals surface area contributed by atoms with Crippen molar-refractivity contribution in [2.24, 2.45) is 4.99 Å². The van der Waals surface area contributed by atoms with Crippen molar-refractivity contribution in [3.63, 3.8) is 0 Å². The quantitative estimate of drug-likeness (QED) is 0.263. The van der Waals surface area contributed by atoms with Crippen molar-refractivity contribution in [2.75, 3.05) is 6.61 Å². The Morgan fingerprint density at radius 1 is 1.00 bits per heavy atom. The number of carbonyl (C=O) groups excluding carboxylic acids is 2. The fourth-order valence-electron chi connectivity index (χ4n) is 4.28. The summed E-state index contributed by atoms with van der Waals surface area (Å²) in [6.45, 7) is 2.48. The Balaban J connectivity index is 1.46. The second-order valence-electron chi connectivity index (χ2n) is 8.80. The van der Waals surface area contributed by atoms with Crippen LogP contribution >= 0.6 is 11.8 Å². The lowest BCUT2D eigenvalue weighted by Crippen LogP contribution is -2.26. The lowest BCUT2D eigenvalue weighted by molar-refractivity contribution is -0.138. The molecule has 0 atom stereocenters. The van der Waals surface area contributed by atoms with Crippen LogP contribution in [0.5, 0.6) is 0 Å². The number of hydrogen-bond acceptors (Lipinski definition) is 6. The highest BCUT2D eigenvalue weighted by Crippen LogP contribution is 2.41. The van der Waals surface area contributed by atoms with Gasteiger partial charge < -0.3 is 19.7 Å². The molecule has 0 spiro atoms. The predicted molar refractivity (Wildman–Crippen MR) is 156 cm³/mol. The molecule has 0 radical (unpaired) electrons. The van der Waals surface area contributed by atoms with Crippen LogP contribution in [0.4, 0.5) is 5.69 Å². The Morgan fingerprint density at radius 3 is 2.44 bits per heavy atom. The monoisotopic (exact) mass is 537 g/mol. The number of para-hydroxylation sites is 2. The van der Waals surface area contributed by atoms with E-state index in [2.05, 4.69) is 10.3 Å². The van der Waals surface area contributed by atoms with Crippen LogP contribution in [-0.4, -0.2) is 33.2 Å². The normalized spacial score (nSPS) is 15.3. The number of nitrogens with zero attached hydrogens (tertiary/aromatic N) is 2. The highest BCUT2D eigenvalue weighted by molar-refractivity contribution is 8.18. The number of esters is 1. The molecule has 1 aromatic heterocycles. The molecule has 0 saturated carbocycles. The summed E-state index contributed by atoms with van der Waals surface area (Å²) in [5, 5.41) is 15.3. The largest absolute Gasteiger partial charge is 0.506 e. The maximum atomic E-state index is 12.8. The third-order valence-electron chi connectivity index (χ3n) is 6.11. The van der Waals surface area contributed by atoms with Gasteiger partial charge in [0.25, 0.3) is 0 Å². The first kappa shape index (κ1) is 26.1. The number of aliphatic hydroxyl groups is 1. The third kappa shape index (κ3) is 5.97. The van der Waals surface area contributed by atoms with Gasteiger partial charge in [0.15, 0.2) is 0 Å². The summed E-state index contributed by atoms with van der Waals surface area (Å²) in [5.41, 5.74) is 3.42. The Morgan fingerprint density at radius 2 is 1.69 bits per heavy atom. The van der Waals surface area contributed by atoms with Crippen molar-refractivity contribution >= 4 is 51.3 Å². The summed E-state index contributed by atoms with van der Waals surface area (Å²) in [6.07, 6.45) is 3.69. The van der Waals surface area contributed by atoms with Gasteiger partial charge in [-0.05, 0) is 36.8 Å². The zero-order valence-corrected chi connectivity index (χ0v) is 22.2. The molecule has 0 unspecified atom stereocenters. The molecule has 2 N–H and O–H groups in total. The van der Waals surface area contributed by atoms with Crippen molar-refractivity contribution in [1.82, 2.24) is 9.88 Å². The zero-order valence-electron chi connectivity index (χ0n) is 21.3. The molecule has 7 nitrogen and oxygen atoms in total. The summed E-state index contributed by atoms with van der Waals surface area (Å²) < 4.78 is 7.09. The number of aromatic nitrogens is 1. The van der Waals surface area contributed by atoms with Gasteiger partial charge in [0.1, 0.15) is 22.9 Å². The van der Waals surface area contributed by atoms with E-state index in [9.17, 15) is 14.7 Å². The lowest BCUT2D eigenvalue weighted by Gasteiger charge is -2.07. The van der Waals surface area contributed by atoms with Crippen LogP contribution in [0.2, 0.25) is 0 Å². The van der Waals surface area contributed by atoms with Gasteiger partial charge in [-0.15, -0.1) is 0 Å². The van der Waals surface area contributed by atoms with Crippen LogP contribution in [0.1, 0.15) is 18.1 Å². The van der Waals surface area contributed by atoms with E-state index in [1.807, 2.05) is 102 Å². The van der Waals surface area contributed by atoms with Gasteiger partial charge in [-0.2, -0.15) is 0 Å². The number of aliphatic imine (C=N–C) groups is 1. The van der Waals surface area contributed by atoms with Gasteiger partial charge >= 0.3 is 5.97 Å². The SMILES string of the molecule is CCOC(=O)C1=C(O)/C(=C\c2cn(CC(=O)NCc3ccccc3)c3ccccc23)SC1=Nc1ccccc1. The number of fused-ring (bicyclic) bond motifs is 1. The molecule has 5 rings (SSSR count). The molecule has 2 heterocycles. The predicted octanol–water partition coefficient (Wildman–Crippen LogP) is 6.15. The van der Waals surface area contributed by atoms with Gasteiger partial charge in [0, 0.05) is 29.2 Å². The Kier molecular flexibility index (Phi) is 7.94. The first-order valence-corrected chi connectivity index (χ1v) is 13.4. The number of hydrogen-bond donors (Lipinski definition) is 2. The maximum Gasteiger partial charge on any atom is 0.344 e. The molecule has 1 aliphatic heterocycles. The Labute approximate surface area is 230 Å². The van der Waals surface area contributed by atoms with E-state index in [1.165, 1.54) is 11.8 Å². The number of thioether (sulfide) groups is 1. The number of carbonyl (C=O) groups is 2. The van der Waals surface area contributed by atoms with Gasteiger partial charge in [0.2, 0.25) is 5.91 Å². The minimum Gasteiger partial charge on any atom is -0.506 e. The average Bonchev–Trinajstić information content (AvgIpc) is 3.45. The van der Waals surface area contributed by atoms with Crippen LogP contribution in [-0.2, 0) is 27.4 Å². The number of ether oxygens (including phenoxy) is 1. The number of aliphatic hydroxyl groups excluding tert-OH is 1. The van der Waals surface area contributed by atoms with Crippen molar-refractivity contribution in [1.29, 1.82) is 0 Å². The maximum absolute atomic E-state index is 12.8. The molecule has 0 aliphatic carbocycles. The number of rotatable bonds is 8. The van der Waals surface area contributed by atoms with Crippen molar-refractivity contribution in [2.45, 2.75) is 20.0 Å². The summed E-state index contributed by atoms with van der Waals surface area (Å²) in [6, 6.07) is 26.8. The molecule has 4 aromatic rings. The van der Waals surface area contributed by atoms with Crippen molar-refractivity contribution < 1.29 is 19.4 Å². The van der Waals surface area contributed by atoms with Crippen LogP contribution in [0, 0.1) is 0 Å². The first-order chi connectivity index (χ1) is 19.0. The summed E-state index contributed by atoms with van der Waals surface area (Å²) >= 11 is 1.21. The van der Waals surface area contributed by atoms with Gasteiger partial charge in [-0.3, -0.25) is 4.79 Å². The first-order valence-electron chi connectivity index (χ1n) is 12.6. The van der Waals surface area contributed by atoms with E-state index in [0.717, 1.165) is 22.0 Å². The van der Waals surface area contributed by atoms with E-state index >= 15 is 0 Å². The highest BCUT2D eigenvalue weighted by atomic mass is 32.2. The summed E-state index contributed by atoms with van der Waals surface area (Å²) in [4.78, 5) is 30.6. The van der Waals surface area contributed by atoms with Crippen LogP contribution < -0.4 is 5.32 Å². The number of amides is 1. The van der Waals surface area contributed by atoms with Gasteiger partial charge in [0.05, 0.1) is 17.2 Å². The molecule has 3 aromatic carbocycles. The summed E-state index contributed by atoms with van der Waals surface area (Å²) in [7, 11) is 0. The topological polar surface area (TPSA) is 92.9 Å². The Bertz CT molecular complexity index is 1600. The average molecular weight is 538 g/mol. The molecule has 0 fully saturated rings. The smallest absolute Gasteiger partial charge is 0.344 e. The fraction of sp³-hybridized carbons (Fsp3) is 0.129. The van der Waals surface area contributed by atoms with Crippen LogP contribution in [0.15, 0.2) is 112 Å². The van der Waals surface area contributed by atoms with Gasteiger partial charge in [-0.25, -0.2) is 9.79 Å². The Hall–Kier alpha value is -4.56. The van der Waals surface area contributed by atoms with Crippen LogP contribution in [0.25, 0.3) is 17.0 Å². The van der Waals surface area contributed by atoms with Crippen LogP contribution in [0.3, 0.4) is 0 Å². The van der Waals surface area contributed by atoms with E-state index < -0.39 is 5.97 Å². The fourth-order valence-corrected chi connectivity index (χ4v) is 5.31. The molecular weight excluding hydrogens is 510 g/mol. The van der Waals surface area contributed by atoms with E-state index in [1.54, 1.807) is 6.92 Å². The highest BCUT2D eigenvalue weighted by Gasteiger charge is 2.33. The van der Waals surface area contributed by atoms with Crippen molar-refractivity contribution in [3.05, 3.63) is 118 Å². The molecule has 196 valence electrons. The molecule has 1 amide bonds. The number of benzene rings is 3. The van der Waals surface area contributed by atoms with E-state index in [4.69, 9.17) is 4.74 Å². The molecule has 1 aliphatic rings. The molecule has 8 heteroatoms. The minimum absolute atomic E-state index is 0.0426. The van der Waals surface area contributed by atoms with E-state index in [0.29, 0.717) is 22.2 Å². The van der Waals surface area contributed by atoms with Crippen molar-refractivity contribution in [3.8, 4) is 0 Å². The van der Waals surface area contributed by atoms with E-state index in [-0.39, 0.29) is 30.4 Å². The second kappa shape index (κ2) is 11.9. The molecule has 0 saturated heterocycles. The van der Waals surface area contributed by atoms with Gasteiger partial charge in [-0.1, -0.05) is 78.5 Å². The number of nitrogens with one attached hydrogen (secondary N) is 1. The molecule has 0 bridgehead atoms. The molecular formula is C31H27N3O4S.